The fourth-order valence-corrected chi connectivity index (χ4v) is 0.891. The summed E-state index contributed by atoms with van der Waals surface area (Å²) in [5.74, 6) is 0. The molecule has 2 nitrogen and oxygen atoms in total. The highest BCUT2D eigenvalue weighted by molar-refractivity contribution is 9.10. The molecule has 0 spiro atoms. The molecule has 0 atom stereocenters. The molecular formula is C5H5BrCl2N2. The molecule has 0 unspecified atom stereocenters. The second-order valence-corrected chi connectivity index (χ2v) is 2.81. The van der Waals surface area contributed by atoms with Crippen molar-refractivity contribution in [1.29, 1.82) is 0 Å². The molecule has 0 aliphatic carbocycles. The van der Waals surface area contributed by atoms with E-state index in [-0.39, 0.29) is 12.4 Å². The Kier molecular flexibility index (Phi) is 4.01. The van der Waals surface area contributed by atoms with E-state index in [1.165, 1.54) is 0 Å². The van der Waals surface area contributed by atoms with Gasteiger partial charge in [-0.05, 0) is 22.0 Å². The van der Waals surface area contributed by atoms with Crippen LogP contribution in [0.25, 0.3) is 0 Å². The summed E-state index contributed by atoms with van der Waals surface area (Å²) >= 11 is 8.72. The van der Waals surface area contributed by atoms with E-state index < -0.39 is 0 Å². The van der Waals surface area contributed by atoms with Crippen molar-refractivity contribution in [2.75, 3.05) is 5.73 Å². The number of nitrogen functional groups attached to an aromatic ring is 1. The van der Waals surface area contributed by atoms with Gasteiger partial charge in [-0.15, -0.1) is 12.4 Å². The molecule has 0 aliphatic rings. The zero-order valence-corrected chi connectivity index (χ0v) is 8.00. The third kappa shape index (κ3) is 2.33. The summed E-state index contributed by atoms with van der Waals surface area (Å²) in [5.41, 5.74) is 5.89. The molecule has 56 valence electrons. The van der Waals surface area contributed by atoms with Crippen molar-refractivity contribution in [2.24, 2.45) is 0 Å². The van der Waals surface area contributed by atoms with Crippen LogP contribution in [0.2, 0.25) is 5.15 Å². The van der Waals surface area contributed by atoms with Gasteiger partial charge in [-0.1, -0.05) is 11.6 Å². The first kappa shape index (κ1) is 10.0. The number of aromatic nitrogens is 1. The van der Waals surface area contributed by atoms with Gasteiger partial charge in [-0.25, -0.2) is 4.98 Å². The predicted molar refractivity (Wildman–Crippen MR) is 48.6 cm³/mol. The van der Waals surface area contributed by atoms with Crippen molar-refractivity contribution in [3.63, 3.8) is 0 Å². The van der Waals surface area contributed by atoms with Crippen molar-refractivity contribution < 1.29 is 0 Å². The van der Waals surface area contributed by atoms with Gasteiger partial charge in [0.25, 0.3) is 0 Å². The van der Waals surface area contributed by atoms with Crippen LogP contribution in [-0.2, 0) is 0 Å². The second-order valence-electron chi connectivity index (χ2n) is 1.53. The normalized spacial score (nSPS) is 8.60. The third-order valence-electron chi connectivity index (χ3n) is 0.833. The van der Waals surface area contributed by atoms with Gasteiger partial charge in [0.2, 0.25) is 0 Å². The van der Waals surface area contributed by atoms with E-state index in [1.54, 1.807) is 12.3 Å². The van der Waals surface area contributed by atoms with Gasteiger partial charge in [0.05, 0.1) is 5.69 Å². The lowest BCUT2D eigenvalue weighted by Gasteiger charge is -1.94. The summed E-state index contributed by atoms with van der Waals surface area (Å²) in [4.78, 5) is 3.77. The largest absolute Gasteiger partial charge is 0.396 e. The molecule has 2 N–H and O–H groups in total. The SMILES string of the molecule is Cl.Nc1cc(Br)cnc1Cl. The lowest BCUT2D eigenvalue weighted by atomic mass is 10.4. The molecule has 10 heavy (non-hydrogen) atoms. The molecule has 0 aromatic carbocycles. The number of pyridine rings is 1. The van der Waals surface area contributed by atoms with E-state index in [2.05, 4.69) is 20.9 Å². The number of nitrogens with zero attached hydrogens (tertiary/aromatic N) is 1. The minimum Gasteiger partial charge on any atom is -0.396 e. The Morgan fingerprint density at radius 2 is 2.20 bits per heavy atom. The van der Waals surface area contributed by atoms with Crippen LogP contribution in [0.4, 0.5) is 5.69 Å². The van der Waals surface area contributed by atoms with Crippen LogP contribution in [0.5, 0.6) is 0 Å². The number of rotatable bonds is 0. The average Bonchev–Trinajstić information content (AvgIpc) is 1.80. The van der Waals surface area contributed by atoms with Crippen molar-refractivity contribution in [3.8, 4) is 0 Å². The molecule has 0 saturated heterocycles. The highest BCUT2D eigenvalue weighted by atomic mass is 79.9. The van der Waals surface area contributed by atoms with E-state index in [0.717, 1.165) is 4.47 Å². The Bertz CT molecular complexity index is 229. The lowest BCUT2D eigenvalue weighted by Crippen LogP contribution is -1.87. The van der Waals surface area contributed by atoms with Crippen LogP contribution in [0.15, 0.2) is 16.7 Å². The first-order valence-corrected chi connectivity index (χ1v) is 3.44. The van der Waals surface area contributed by atoms with E-state index in [0.29, 0.717) is 10.8 Å². The summed E-state index contributed by atoms with van der Waals surface area (Å²) < 4.78 is 0.837. The summed E-state index contributed by atoms with van der Waals surface area (Å²) in [6, 6.07) is 1.70. The summed E-state index contributed by atoms with van der Waals surface area (Å²) in [6.45, 7) is 0. The van der Waals surface area contributed by atoms with Gasteiger partial charge >= 0.3 is 0 Å². The maximum absolute atomic E-state index is 5.52. The smallest absolute Gasteiger partial charge is 0.151 e. The fraction of sp³-hybridized carbons (Fsp3) is 0. The van der Waals surface area contributed by atoms with Crippen LogP contribution < -0.4 is 5.73 Å². The number of halogens is 3. The van der Waals surface area contributed by atoms with Gasteiger partial charge in [0, 0.05) is 10.7 Å². The topological polar surface area (TPSA) is 38.9 Å². The Morgan fingerprint density at radius 1 is 1.60 bits per heavy atom. The van der Waals surface area contributed by atoms with E-state index >= 15 is 0 Å². The van der Waals surface area contributed by atoms with Crippen LogP contribution in [0, 0.1) is 0 Å². The highest BCUT2D eigenvalue weighted by Gasteiger charge is 1.94. The number of nitrogens with two attached hydrogens (primary N) is 1. The molecule has 0 amide bonds. The molecule has 0 radical (unpaired) electrons. The molecule has 0 aliphatic heterocycles. The number of hydrogen-bond donors (Lipinski definition) is 1. The van der Waals surface area contributed by atoms with Crippen LogP contribution in [0.1, 0.15) is 0 Å². The van der Waals surface area contributed by atoms with Crippen LogP contribution in [-0.4, -0.2) is 4.98 Å². The first-order valence-electron chi connectivity index (χ1n) is 2.26. The zero-order chi connectivity index (χ0) is 6.85. The fourth-order valence-electron chi connectivity index (χ4n) is 0.438. The van der Waals surface area contributed by atoms with E-state index in [1.807, 2.05) is 0 Å². The third-order valence-corrected chi connectivity index (χ3v) is 1.58. The van der Waals surface area contributed by atoms with Crippen molar-refractivity contribution in [1.82, 2.24) is 4.98 Å². The summed E-state index contributed by atoms with van der Waals surface area (Å²) in [5, 5.41) is 0.346. The molecule has 0 saturated carbocycles. The molecule has 1 aromatic rings. The molecule has 5 heteroatoms. The highest BCUT2D eigenvalue weighted by Crippen LogP contribution is 2.18. The van der Waals surface area contributed by atoms with Gasteiger partial charge < -0.3 is 5.73 Å². The minimum atomic E-state index is 0. The maximum Gasteiger partial charge on any atom is 0.151 e. The quantitative estimate of drug-likeness (QED) is 0.712. The molecular weight excluding hydrogens is 239 g/mol. The predicted octanol–water partition coefficient (Wildman–Crippen LogP) is 2.50. The zero-order valence-electron chi connectivity index (χ0n) is 4.84. The molecule has 1 rings (SSSR count). The van der Waals surface area contributed by atoms with Gasteiger partial charge in [0.1, 0.15) is 0 Å². The first-order chi connectivity index (χ1) is 4.20. The van der Waals surface area contributed by atoms with Crippen molar-refractivity contribution in [2.45, 2.75) is 0 Å². The van der Waals surface area contributed by atoms with E-state index in [4.69, 9.17) is 17.3 Å². The summed E-state index contributed by atoms with van der Waals surface area (Å²) in [7, 11) is 0. The van der Waals surface area contributed by atoms with Gasteiger partial charge in [-0.3, -0.25) is 0 Å². The summed E-state index contributed by atoms with van der Waals surface area (Å²) in [6.07, 6.45) is 1.60. The van der Waals surface area contributed by atoms with Gasteiger partial charge in [0.15, 0.2) is 5.15 Å². The minimum absolute atomic E-state index is 0. The van der Waals surface area contributed by atoms with Crippen molar-refractivity contribution in [3.05, 3.63) is 21.9 Å². The molecule has 0 bridgehead atoms. The van der Waals surface area contributed by atoms with Crippen LogP contribution in [0.3, 0.4) is 0 Å². The van der Waals surface area contributed by atoms with Crippen molar-refractivity contribution >= 4 is 45.6 Å². The number of hydrogen-bond acceptors (Lipinski definition) is 2. The Morgan fingerprint density at radius 3 is 2.60 bits per heavy atom. The lowest BCUT2D eigenvalue weighted by molar-refractivity contribution is 1.31. The standard InChI is InChI=1S/C5H4BrClN2.ClH/c6-3-1-4(8)5(7)9-2-3;/h1-2H,8H2;1H. The average molecular weight is 244 g/mol. The molecule has 1 heterocycles. The Hall–Kier alpha value is 0.01000. The monoisotopic (exact) mass is 242 g/mol. The van der Waals surface area contributed by atoms with Crippen LogP contribution >= 0.6 is 39.9 Å². The Labute approximate surface area is 78.3 Å². The molecule has 1 aromatic heterocycles. The molecule has 0 fully saturated rings. The second kappa shape index (κ2) is 4.01. The number of anilines is 1. The Balaban J connectivity index is 0.000000810. The van der Waals surface area contributed by atoms with E-state index in [9.17, 15) is 0 Å². The maximum atomic E-state index is 5.52. The van der Waals surface area contributed by atoms with Gasteiger partial charge in [-0.2, -0.15) is 0 Å².